The molecule has 0 bridgehead atoms. The van der Waals surface area contributed by atoms with Gasteiger partial charge in [0.25, 0.3) is 0 Å². The highest BCUT2D eigenvalue weighted by Crippen LogP contribution is 2.11. The van der Waals surface area contributed by atoms with Gasteiger partial charge in [-0.15, -0.1) is 0 Å². The molecular formula is C13H27N3O2. The van der Waals surface area contributed by atoms with Gasteiger partial charge in [0, 0.05) is 26.2 Å². The molecule has 0 spiro atoms. The van der Waals surface area contributed by atoms with Crippen LogP contribution < -0.4 is 5.32 Å². The summed E-state index contributed by atoms with van der Waals surface area (Å²) in [6.07, 6.45) is 3.23. The number of carbonyl (C=O) groups is 1. The Morgan fingerprint density at radius 1 is 1.50 bits per heavy atom. The summed E-state index contributed by atoms with van der Waals surface area (Å²) in [6.45, 7) is 7.32. The van der Waals surface area contributed by atoms with Gasteiger partial charge in [0.1, 0.15) is 0 Å². The molecule has 1 unspecified atom stereocenters. The maximum Gasteiger partial charge on any atom is 0.317 e. The molecule has 1 aliphatic rings. The number of likely N-dealkylation sites (N-methyl/N-ethyl adjacent to an activating group) is 1. The third-order valence-corrected chi connectivity index (χ3v) is 3.70. The van der Waals surface area contributed by atoms with Gasteiger partial charge in [0.2, 0.25) is 0 Å². The van der Waals surface area contributed by atoms with Gasteiger partial charge in [-0.25, -0.2) is 4.79 Å². The minimum absolute atomic E-state index is 0.00113. The Morgan fingerprint density at radius 2 is 2.11 bits per heavy atom. The number of hydrogen-bond donors (Lipinski definition) is 2. The molecule has 1 heterocycles. The summed E-state index contributed by atoms with van der Waals surface area (Å²) in [5.74, 6) is 0. The quantitative estimate of drug-likeness (QED) is 0.769. The summed E-state index contributed by atoms with van der Waals surface area (Å²) in [4.78, 5) is 15.9. The van der Waals surface area contributed by atoms with Crippen molar-refractivity contribution in [2.45, 2.75) is 45.2 Å². The number of nitrogens with one attached hydrogen (secondary N) is 1. The minimum Gasteiger partial charge on any atom is -0.394 e. The molecule has 5 nitrogen and oxygen atoms in total. The lowest BCUT2D eigenvalue weighted by molar-refractivity contribution is 0.146. The van der Waals surface area contributed by atoms with Gasteiger partial charge in [0.05, 0.1) is 12.6 Å². The largest absolute Gasteiger partial charge is 0.394 e. The van der Waals surface area contributed by atoms with Crippen LogP contribution >= 0.6 is 0 Å². The van der Waals surface area contributed by atoms with Crippen molar-refractivity contribution in [1.82, 2.24) is 15.1 Å². The number of rotatable bonds is 5. The van der Waals surface area contributed by atoms with Crippen LogP contribution in [-0.2, 0) is 0 Å². The van der Waals surface area contributed by atoms with Gasteiger partial charge in [-0.3, -0.25) is 0 Å². The van der Waals surface area contributed by atoms with Crippen molar-refractivity contribution in [1.29, 1.82) is 0 Å². The van der Waals surface area contributed by atoms with Crippen LogP contribution in [0.25, 0.3) is 0 Å². The minimum atomic E-state index is -0.134. The van der Waals surface area contributed by atoms with E-state index in [1.165, 1.54) is 6.42 Å². The average molecular weight is 257 g/mol. The lowest BCUT2D eigenvalue weighted by Gasteiger charge is -2.33. The van der Waals surface area contributed by atoms with Gasteiger partial charge in [-0.1, -0.05) is 6.92 Å². The molecular weight excluding hydrogens is 230 g/mol. The normalized spacial score (nSPS) is 19.6. The van der Waals surface area contributed by atoms with Gasteiger partial charge in [-0.05, 0) is 32.7 Å². The van der Waals surface area contributed by atoms with E-state index in [-0.39, 0.29) is 24.7 Å². The topological polar surface area (TPSA) is 55.8 Å². The van der Waals surface area contributed by atoms with E-state index < -0.39 is 0 Å². The Labute approximate surface area is 110 Å². The fourth-order valence-electron chi connectivity index (χ4n) is 2.22. The number of aliphatic hydroxyl groups excluding tert-OH is 1. The molecule has 0 aromatic carbocycles. The SMILES string of the molecule is CCCN1CCC(NC(=O)N(C)C(C)CO)CC1. The first-order valence-corrected chi connectivity index (χ1v) is 6.95. The first kappa shape index (κ1) is 15.2. The van der Waals surface area contributed by atoms with Crippen molar-refractivity contribution >= 4 is 6.03 Å². The maximum atomic E-state index is 11.9. The third kappa shape index (κ3) is 4.46. The second-order valence-corrected chi connectivity index (χ2v) is 5.21. The van der Waals surface area contributed by atoms with Crippen LogP contribution in [0.5, 0.6) is 0 Å². The summed E-state index contributed by atoms with van der Waals surface area (Å²) in [5.41, 5.74) is 0. The predicted molar refractivity (Wildman–Crippen MR) is 72.6 cm³/mol. The van der Waals surface area contributed by atoms with Crippen LogP contribution in [-0.4, -0.2) is 66.3 Å². The van der Waals surface area contributed by atoms with E-state index in [9.17, 15) is 4.79 Å². The standard InChI is InChI=1S/C13H27N3O2/c1-4-7-16-8-5-12(6-9-16)14-13(18)15(3)11(2)10-17/h11-12,17H,4-10H2,1-3H3,(H,14,18). The lowest BCUT2D eigenvalue weighted by Crippen LogP contribution is -2.50. The van der Waals surface area contributed by atoms with Crippen LogP contribution in [0.15, 0.2) is 0 Å². The maximum absolute atomic E-state index is 11.9. The van der Waals surface area contributed by atoms with E-state index >= 15 is 0 Å². The first-order valence-electron chi connectivity index (χ1n) is 6.95. The number of carbonyl (C=O) groups excluding carboxylic acids is 1. The summed E-state index contributed by atoms with van der Waals surface area (Å²) < 4.78 is 0. The Hall–Kier alpha value is -0.810. The molecule has 0 aliphatic carbocycles. The summed E-state index contributed by atoms with van der Waals surface area (Å²) >= 11 is 0. The van der Waals surface area contributed by atoms with Crippen LogP contribution in [0.1, 0.15) is 33.1 Å². The molecule has 2 N–H and O–H groups in total. The summed E-state index contributed by atoms with van der Waals surface area (Å²) in [6, 6.07) is 0.0645. The van der Waals surface area contributed by atoms with Crippen molar-refractivity contribution in [3.8, 4) is 0 Å². The molecule has 1 atom stereocenters. The second kappa shape index (κ2) is 7.59. The van der Waals surface area contributed by atoms with Crippen molar-refractivity contribution < 1.29 is 9.90 Å². The molecule has 106 valence electrons. The van der Waals surface area contributed by atoms with Crippen molar-refractivity contribution in [2.24, 2.45) is 0 Å². The molecule has 1 rings (SSSR count). The average Bonchev–Trinajstić information content (AvgIpc) is 2.39. The number of amides is 2. The highest BCUT2D eigenvalue weighted by molar-refractivity contribution is 5.74. The predicted octanol–water partition coefficient (Wildman–Crippen LogP) is 0.883. The fraction of sp³-hybridized carbons (Fsp3) is 0.923. The van der Waals surface area contributed by atoms with E-state index in [1.807, 2.05) is 6.92 Å². The van der Waals surface area contributed by atoms with Gasteiger partial charge >= 0.3 is 6.03 Å². The zero-order chi connectivity index (χ0) is 13.5. The zero-order valence-electron chi connectivity index (χ0n) is 11.9. The van der Waals surface area contributed by atoms with Crippen molar-refractivity contribution in [2.75, 3.05) is 33.3 Å². The molecule has 0 aromatic heterocycles. The molecule has 0 saturated carbocycles. The monoisotopic (exact) mass is 257 g/mol. The van der Waals surface area contributed by atoms with Gasteiger partial charge in [-0.2, -0.15) is 0 Å². The first-order chi connectivity index (χ1) is 8.58. The Kier molecular flexibility index (Phi) is 6.43. The Morgan fingerprint density at radius 3 is 2.61 bits per heavy atom. The second-order valence-electron chi connectivity index (χ2n) is 5.21. The van der Waals surface area contributed by atoms with Crippen LogP contribution in [0.2, 0.25) is 0 Å². The van der Waals surface area contributed by atoms with E-state index in [2.05, 4.69) is 17.1 Å². The zero-order valence-corrected chi connectivity index (χ0v) is 11.9. The van der Waals surface area contributed by atoms with Gasteiger partial charge < -0.3 is 20.2 Å². The van der Waals surface area contributed by atoms with Crippen molar-refractivity contribution in [3.05, 3.63) is 0 Å². The lowest BCUT2D eigenvalue weighted by atomic mass is 10.1. The smallest absolute Gasteiger partial charge is 0.317 e. The Balaban J connectivity index is 2.30. The number of aliphatic hydroxyl groups is 1. The summed E-state index contributed by atoms with van der Waals surface area (Å²) in [7, 11) is 1.72. The number of nitrogens with zero attached hydrogens (tertiary/aromatic N) is 2. The number of urea groups is 1. The molecule has 1 aliphatic heterocycles. The highest BCUT2D eigenvalue weighted by Gasteiger charge is 2.22. The highest BCUT2D eigenvalue weighted by atomic mass is 16.3. The summed E-state index contributed by atoms with van der Waals surface area (Å²) in [5, 5.41) is 12.1. The molecule has 2 amide bonds. The number of piperidine rings is 1. The Bertz CT molecular complexity index is 253. The van der Waals surface area contributed by atoms with Crippen LogP contribution in [0, 0.1) is 0 Å². The van der Waals surface area contributed by atoms with Crippen LogP contribution in [0.4, 0.5) is 4.79 Å². The van der Waals surface area contributed by atoms with Crippen molar-refractivity contribution in [3.63, 3.8) is 0 Å². The van der Waals surface area contributed by atoms with Gasteiger partial charge in [0.15, 0.2) is 0 Å². The molecule has 18 heavy (non-hydrogen) atoms. The molecule has 1 fully saturated rings. The van der Waals surface area contributed by atoms with E-state index in [4.69, 9.17) is 5.11 Å². The fourth-order valence-corrected chi connectivity index (χ4v) is 2.22. The van der Waals surface area contributed by atoms with Crippen LogP contribution in [0.3, 0.4) is 0 Å². The number of hydrogen-bond acceptors (Lipinski definition) is 3. The van der Waals surface area contributed by atoms with E-state index in [0.29, 0.717) is 0 Å². The number of likely N-dealkylation sites (tertiary alicyclic amines) is 1. The molecule has 5 heteroatoms. The third-order valence-electron chi connectivity index (χ3n) is 3.70. The molecule has 0 radical (unpaired) electrons. The van der Waals surface area contributed by atoms with E-state index in [0.717, 1.165) is 32.5 Å². The molecule has 0 aromatic rings. The van der Waals surface area contributed by atoms with E-state index in [1.54, 1.807) is 11.9 Å². The molecule has 1 saturated heterocycles.